The zero-order chi connectivity index (χ0) is 15.9. The van der Waals surface area contributed by atoms with Gasteiger partial charge in [-0.15, -0.1) is 0 Å². The van der Waals surface area contributed by atoms with Crippen LogP contribution in [0.1, 0.15) is 16.8 Å². The Bertz CT molecular complexity index is 610. The van der Waals surface area contributed by atoms with E-state index in [0.29, 0.717) is 5.95 Å². The fourth-order valence-electron chi connectivity index (χ4n) is 2.14. The predicted octanol–water partition coefficient (Wildman–Crippen LogP) is 2.68. The molecule has 1 aromatic heterocycles. The molecule has 0 bridgehead atoms. The predicted molar refractivity (Wildman–Crippen MR) is 92.3 cm³/mol. The average molecular weight is 299 g/mol. The third kappa shape index (κ3) is 5.33. The van der Waals surface area contributed by atoms with E-state index in [1.54, 1.807) is 0 Å². The van der Waals surface area contributed by atoms with Crippen molar-refractivity contribution in [1.29, 1.82) is 0 Å². The second-order valence-corrected chi connectivity index (χ2v) is 5.79. The number of hydrogen-bond donors (Lipinski definition) is 2. The molecule has 1 aromatic carbocycles. The zero-order valence-electron chi connectivity index (χ0n) is 13.8. The Morgan fingerprint density at radius 2 is 1.86 bits per heavy atom. The van der Waals surface area contributed by atoms with Crippen LogP contribution < -0.4 is 10.6 Å². The van der Waals surface area contributed by atoms with Crippen LogP contribution in [0.25, 0.3) is 0 Å². The first-order valence-corrected chi connectivity index (χ1v) is 7.56. The first-order valence-electron chi connectivity index (χ1n) is 7.56. The van der Waals surface area contributed by atoms with E-state index in [9.17, 15) is 0 Å². The zero-order valence-corrected chi connectivity index (χ0v) is 13.8. The van der Waals surface area contributed by atoms with Crippen LogP contribution in [0.5, 0.6) is 0 Å². The maximum atomic E-state index is 4.52. The van der Waals surface area contributed by atoms with E-state index in [1.165, 1.54) is 11.1 Å². The summed E-state index contributed by atoms with van der Waals surface area (Å²) in [7, 11) is 4.10. The fraction of sp³-hybridized carbons (Fsp3) is 0.412. The minimum atomic E-state index is 0.675. The molecule has 0 unspecified atom stereocenters. The van der Waals surface area contributed by atoms with Gasteiger partial charge in [-0.05, 0) is 33.5 Å². The van der Waals surface area contributed by atoms with E-state index in [2.05, 4.69) is 56.7 Å². The van der Waals surface area contributed by atoms with E-state index in [0.717, 1.165) is 31.1 Å². The van der Waals surface area contributed by atoms with Gasteiger partial charge in [0.25, 0.3) is 0 Å². The van der Waals surface area contributed by atoms with Crippen molar-refractivity contribution in [2.24, 2.45) is 0 Å². The second kappa shape index (κ2) is 7.75. The van der Waals surface area contributed by atoms with Crippen molar-refractivity contribution < 1.29 is 0 Å². The normalized spacial score (nSPS) is 10.8. The van der Waals surface area contributed by atoms with Gasteiger partial charge in [-0.2, -0.15) is 4.98 Å². The molecule has 0 spiro atoms. The molecule has 0 saturated heterocycles. The van der Waals surface area contributed by atoms with E-state index in [-0.39, 0.29) is 0 Å². The summed E-state index contributed by atoms with van der Waals surface area (Å²) < 4.78 is 0. The van der Waals surface area contributed by atoms with E-state index < -0.39 is 0 Å². The van der Waals surface area contributed by atoms with E-state index >= 15 is 0 Å². The summed E-state index contributed by atoms with van der Waals surface area (Å²) in [6.07, 6.45) is 0. The van der Waals surface area contributed by atoms with Crippen molar-refractivity contribution in [2.45, 2.75) is 20.4 Å². The lowest BCUT2D eigenvalue weighted by Gasteiger charge is -2.12. The van der Waals surface area contributed by atoms with Gasteiger partial charge in [0.15, 0.2) is 0 Å². The fourth-order valence-corrected chi connectivity index (χ4v) is 2.14. The third-order valence-electron chi connectivity index (χ3n) is 3.25. The molecule has 1 heterocycles. The highest BCUT2D eigenvalue weighted by atomic mass is 15.2. The Labute approximate surface area is 132 Å². The summed E-state index contributed by atoms with van der Waals surface area (Å²) in [5, 5.41) is 6.63. The van der Waals surface area contributed by atoms with Crippen LogP contribution in [0.15, 0.2) is 30.3 Å². The van der Waals surface area contributed by atoms with Crippen molar-refractivity contribution in [3.05, 3.63) is 47.2 Å². The molecular formula is C17H25N5. The molecule has 0 saturated carbocycles. The smallest absolute Gasteiger partial charge is 0.224 e. The minimum absolute atomic E-state index is 0.675. The molecule has 0 aliphatic rings. The van der Waals surface area contributed by atoms with Crippen molar-refractivity contribution in [2.75, 3.05) is 37.8 Å². The summed E-state index contributed by atoms with van der Waals surface area (Å²) in [6.45, 7) is 6.62. The molecule has 0 aliphatic carbocycles. The van der Waals surface area contributed by atoms with Gasteiger partial charge in [0.05, 0.1) is 0 Å². The SMILES string of the molecule is Cc1cccc(CNc2cc(C)nc(NCCN(C)C)n2)c1. The Balaban J connectivity index is 1.97. The van der Waals surface area contributed by atoms with Gasteiger partial charge >= 0.3 is 0 Å². The number of hydrogen-bond acceptors (Lipinski definition) is 5. The Morgan fingerprint density at radius 1 is 1.05 bits per heavy atom. The molecule has 0 radical (unpaired) electrons. The average Bonchev–Trinajstić information content (AvgIpc) is 2.44. The molecular weight excluding hydrogens is 274 g/mol. The standard InChI is InChI=1S/C17H25N5/c1-13-6-5-7-15(10-13)12-19-16-11-14(2)20-17(21-16)18-8-9-22(3)4/h5-7,10-11H,8-9,12H2,1-4H3,(H2,18,19,20,21). The van der Waals surface area contributed by atoms with Crippen molar-refractivity contribution in [3.8, 4) is 0 Å². The topological polar surface area (TPSA) is 53.1 Å². The maximum absolute atomic E-state index is 4.52. The molecule has 2 aromatic rings. The van der Waals surface area contributed by atoms with Gasteiger partial charge in [0, 0.05) is 31.4 Å². The first-order chi connectivity index (χ1) is 10.5. The maximum Gasteiger partial charge on any atom is 0.224 e. The van der Waals surface area contributed by atoms with Gasteiger partial charge in [0.2, 0.25) is 5.95 Å². The van der Waals surface area contributed by atoms with Crippen molar-refractivity contribution >= 4 is 11.8 Å². The van der Waals surface area contributed by atoms with E-state index in [4.69, 9.17) is 0 Å². The highest BCUT2D eigenvalue weighted by Crippen LogP contribution is 2.12. The number of rotatable bonds is 7. The van der Waals surface area contributed by atoms with Crippen LogP contribution in [0.4, 0.5) is 11.8 Å². The lowest BCUT2D eigenvalue weighted by Crippen LogP contribution is -2.21. The molecule has 0 atom stereocenters. The number of anilines is 2. The van der Waals surface area contributed by atoms with Gasteiger partial charge in [-0.25, -0.2) is 4.98 Å². The molecule has 118 valence electrons. The summed E-state index contributed by atoms with van der Waals surface area (Å²) >= 11 is 0. The third-order valence-corrected chi connectivity index (χ3v) is 3.25. The Kier molecular flexibility index (Phi) is 5.72. The molecule has 22 heavy (non-hydrogen) atoms. The number of aromatic nitrogens is 2. The van der Waals surface area contributed by atoms with Gasteiger partial charge < -0.3 is 15.5 Å². The Morgan fingerprint density at radius 3 is 2.59 bits per heavy atom. The molecule has 0 fully saturated rings. The lowest BCUT2D eigenvalue weighted by molar-refractivity contribution is 0.425. The Hall–Kier alpha value is -2.14. The summed E-state index contributed by atoms with van der Waals surface area (Å²) in [5.74, 6) is 1.52. The number of benzene rings is 1. The largest absolute Gasteiger partial charge is 0.366 e. The van der Waals surface area contributed by atoms with Gasteiger partial charge in [-0.3, -0.25) is 0 Å². The highest BCUT2D eigenvalue weighted by molar-refractivity contribution is 5.43. The summed E-state index contributed by atoms with van der Waals surface area (Å²) in [6, 6.07) is 10.4. The van der Waals surface area contributed by atoms with Crippen LogP contribution in [-0.4, -0.2) is 42.1 Å². The molecule has 0 amide bonds. The number of nitrogens with zero attached hydrogens (tertiary/aromatic N) is 3. The van der Waals surface area contributed by atoms with Crippen LogP contribution >= 0.6 is 0 Å². The quantitative estimate of drug-likeness (QED) is 0.823. The number of nitrogens with one attached hydrogen (secondary N) is 2. The molecule has 0 aliphatic heterocycles. The number of likely N-dealkylation sites (N-methyl/N-ethyl adjacent to an activating group) is 1. The van der Waals surface area contributed by atoms with Gasteiger partial charge in [-0.1, -0.05) is 29.8 Å². The van der Waals surface area contributed by atoms with Crippen LogP contribution in [0, 0.1) is 13.8 Å². The van der Waals surface area contributed by atoms with Crippen LogP contribution in [0.3, 0.4) is 0 Å². The van der Waals surface area contributed by atoms with Crippen molar-refractivity contribution in [3.63, 3.8) is 0 Å². The van der Waals surface area contributed by atoms with Crippen LogP contribution in [-0.2, 0) is 6.54 Å². The lowest BCUT2D eigenvalue weighted by atomic mass is 10.1. The van der Waals surface area contributed by atoms with Gasteiger partial charge in [0.1, 0.15) is 5.82 Å². The second-order valence-electron chi connectivity index (χ2n) is 5.79. The summed E-state index contributed by atoms with van der Waals surface area (Å²) in [5.41, 5.74) is 3.47. The van der Waals surface area contributed by atoms with E-state index in [1.807, 2.05) is 27.1 Å². The van der Waals surface area contributed by atoms with Crippen molar-refractivity contribution in [1.82, 2.24) is 14.9 Å². The van der Waals surface area contributed by atoms with Crippen LogP contribution in [0.2, 0.25) is 0 Å². The molecule has 2 rings (SSSR count). The highest BCUT2D eigenvalue weighted by Gasteiger charge is 2.02. The number of aryl methyl sites for hydroxylation is 2. The molecule has 2 N–H and O–H groups in total. The molecule has 5 nitrogen and oxygen atoms in total. The minimum Gasteiger partial charge on any atom is -0.366 e. The molecule has 5 heteroatoms. The monoisotopic (exact) mass is 299 g/mol. The first kappa shape index (κ1) is 16.2. The summed E-state index contributed by atoms with van der Waals surface area (Å²) in [4.78, 5) is 11.1.